The molecular weight excluding hydrogens is 260 g/mol. The lowest BCUT2D eigenvalue weighted by Gasteiger charge is -2.21. The van der Waals surface area contributed by atoms with E-state index in [4.69, 9.17) is 0 Å². The van der Waals surface area contributed by atoms with Gasteiger partial charge >= 0.3 is 0 Å². The second kappa shape index (κ2) is 6.03. The maximum absolute atomic E-state index is 12.6. The fraction of sp³-hybridized carbons (Fsp3) is 0.571. The van der Waals surface area contributed by atoms with E-state index in [1.54, 1.807) is 16.4 Å². The van der Waals surface area contributed by atoms with Gasteiger partial charge in [-0.2, -0.15) is 4.31 Å². The summed E-state index contributed by atoms with van der Waals surface area (Å²) < 4.78 is 26.8. The van der Waals surface area contributed by atoms with E-state index in [2.05, 4.69) is 5.32 Å². The van der Waals surface area contributed by atoms with Crippen LogP contribution in [0.25, 0.3) is 0 Å². The summed E-state index contributed by atoms with van der Waals surface area (Å²) in [6.45, 7) is 6.23. The zero-order chi connectivity index (χ0) is 13.9. The fourth-order valence-electron chi connectivity index (χ4n) is 2.48. The molecule has 0 aliphatic carbocycles. The quantitative estimate of drug-likeness (QED) is 0.898. The molecule has 1 aromatic rings. The second-order valence-corrected chi connectivity index (χ2v) is 6.93. The van der Waals surface area contributed by atoms with Crippen molar-refractivity contribution in [2.45, 2.75) is 44.2 Å². The Kier molecular flexibility index (Phi) is 4.60. The third-order valence-corrected chi connectivity index (χ3v) is 5.59. The Morgan fingerprint density at radius 1 is 1.42 bits per heavy atom. The number of benzene rings is 1. The molecular formula is C14H22N2O2S. The minimum atomic E-state index is -3.33. The number of rotatable bonds is 5. The van der Waals surface area contributed by atoms with Gasteiger partial charge in [-0.3, -0.25) is 0 Å². The fourth-order valence-corrected chi connectivity index (χ4v) is 4.25. The van der Waals surface area contributed by atoms with E-state index in [0.29, 0.717) is 18.0 Å². The highest BCUT2D eigenvalue weighted by Crippen LogP contribution is 2.26. The van der Waals surface area contributed by atoms with Gasteiger partial charge in [-0.15, -0.1) is 0 Å². The minimum absolute atomic E-state index is 0.113. The van der Waals surface area contributed by atoms with Crippen molar-refractivity contribution in [1.82, 2.24) is 9.62 Å². The van der Waals surface area contributed by atoms with Crippen molar-refractivity contribution in [3.8, 4) is 0 Å². The van der Waals surface area contributed by atoms with Crippen LogP contribution in [0.4, 0.5) is 0 Å². The molecule has 106 valence electrons. The van der Waals surface area contributed by atoms with Gasteiger partial charge in [-0.1, -0.05) is 19.1 Å². The molecule has 0 saturated carbocycles. The Morgan fingerprint density at radius 3 is 2.84 bits per heavy atom. The Bertz CT molecular complexity index is 528. The second-order valence-electron chi connectivity index (χ2n) is 5.03. The van der Waals surface area contributed by atoms with E-state index in [-0.39, 0.29) is 6.04 Å². The molecule has 0 amide bonds. The van der Waals surface area contributed by atoms with E-state index in [0.717, 1.165) is 24.9 Å². The molecule has 1 heterocycles. The lowest BCUT2D eigenvalue weighted by Crippen LogP contribution is -2.33. The monoisotopic (exact) mass is 282 g/mol. The van der Waals surface area contributed by atoms with Gasteiger partial charge in [0, 0.05) is 19.1 Å². The van der Waals surface area contributed by atoms with Crippen LogP contribution in [0.3, 0.4) is 0 Å². The molecule has 0 radical (unpaired) electrons. The molecule has 0 aromatic heterocycles. The maximum atomic E-state index is 12.6. The molecule has 2 rings (SSSR count). The van der Waals surface area contributed by atoms with E-state index >= 15 is 0 Å². The summed E-state index contributed by atoms with van der Waals surface area (Å²) in [5.41, 5.74) is 1.01. The number of hydrogen-bond acceptors (Lipinski definition) is 3. The number of nitrogens with zero attached hydrogens (tertiary/aromatic N) is 1. The van der Waals surface area contributed by atoms with Gasteiger partial charge in [0.1, 0.15) is 0 Å². The molecule has 1 aromatic carbocycles. The summed E-state index contributed by atoms with van der Waals surface area (Å²) in [5, 5.41) is 3.21. The normalized spacial score (nSPS) is 20.8. The van der Waals surface area contributed by atoms with E-state index in [1.807, 2.05) is 26.0 Å². The molecule has 1 unspecified atom stereocenters. The van der Waals surface area contributed by atoms with Gasteiger partial charge in [0.05, 0.1) is 4.90 Å². The Morgan fingerprint density at radius 2 is 2.21 bits per heavy atom. The molecule has 1 atom stereocenters. The lowest BCUT2D eigenvalue weighted by molar-refractivity contribution is 0.408. The summed E-state index contributed by atoms with van der Waals surface area (Å²) >= 11 is 0. The van der Waals surface area contributed by atoms with Gasteiger partial charge in [-0.25, -0.2) is 8.42 Å². The van der Waals surface area contributed by atoms with Crippen LogP contribution in [-0.2, 0) is 16.6 Å². The van der Waals surface area contributed by atoms with Crippen molar-refractivity contribution in [2.24, 2.45) is 0 Å². The Hall–Kier alpha value is -0.910. The Balaban J connectivity index is 2.25. The van der Waals surface area contributed by atoms with Crippen molar-refractivity contribution in [1.29, 1.82) is 0 Å². The van der Waals surface area contributed by atoms with Crippen LogP contribution in [0, 0.1) is 0 Å². The average Bonchev–Trinajstić information content (AvgIpc) is 2.84. The first-order valence-electron chi connectivity index (χ1n) is 6.87. The smallest absolute Gasteiger partial charge is 0.243 e. The minimum Gasteiger partial charge on any atom is -0.313 e. The van der Waals surface area contributed by atoms with Crippen LogP contribution >= 0.6 is 0 Å². The topological polar surface area (TPSA) is 49.4 Å². The summed E-state index contributed by atoms with van der Waals surface area (Å²) in [5.74, 6) is 0. The first kappa shape index (κ1) is 14.5. The molecule has 1 fully saturated rings. The summed E-state index contributed by atoms with van der Waals surface area (Å²) in [6, 6.07) is 7.36. The molecule has 0 bridgehead atoms. The summed E-state index contributed by atoms with van der Waals surface area (Å²) in [6.07, 6.45) is 1.91. The van der Waals surface area contributed by atoms with E-state index in [1.165, 1.54) is 0 Å². The number of sulfonamides is 1. The van der Waals surface area contributed by atoms with Crippen LogP contribution in [0.15, 0.2) is 29.2 Å². The highest BCUT2D eigenvalue weighted by molar-refractivity contribution is 7.89. The predicted octanol–water partition coefficient (Wildman–Crippen LogP) is 1.97. The first-order chi connectivity index (χ1) is 9.05. The van der Waals surface area contributed by atoms with Crippen LogP contribution < -0.4 is 5.32 Å². The first-order valence-corrected chi connectivity index (χ1v) is 8.31. The standard InChI is InChI=1S/C14H22N2O2S/c1-3-15-11-13-7-4-8-14(10-13)19(17,18)16-9-5-6-12(16)2/h4,7-8,10,12,15H,3,5-6,9,11H2,1-2H3. The predicted molar refractivity (Wildman–Crippen MR) is 76.4 cm³/mol. The lowest BCUT2D eigenvalue weighted by atomic mass is 10.2. The SMILES string of the molecule is CCNCc1cccc(S(=O)(=O)N2CCCC2C)c1. The van der Waals surface area contributed by atoms with E-state index < -0.39 is 10.0 Å². The van der Waals surface area contributed by atoms with Gasteiger partial charge in [0.15, 0.2) is 0 Å². The van der Waals surface area contributed by atoms with Crippen LogP contribution in [0.1, 0.15) is 32.3 Å². The largest absolute Gasteiger partial charge is 0.313 e. The zero-order valence-corrected chi connectivity index (χ0v) is 12.4. The van der Waals surface area contributed by atoms with Crippen molar-refractivity contribution in [3.63, 3.8) is 0 Å². The summed E-state index contributed by atoms with van der Waals surface area (Å²) in [7, 11) is -3.33. The van der Waals surface area contributed by atoms with Crippen molar-refractivity contribution >= 4 is 10.0 Å². The van der Waals surface area contributed by atoms with Crippen LogP contribution in [0.2, 0.25) is 0 Å². The molecule has 1 aliphatic heterocycles. The van der Waals surface area contributed by atoms with Crippen molar-refractivity contribution < 1.29 is 8.42 Å². The molecule has 4 nitrogen and oxygen atoms in total. The highest BCUT2D eigenvalue weighted by Gasteiger charge is 2.32. The molecule has 1 saturated heterocycles. The highest BCUT2D eigenvalue weighted by atomic mass is 32.2. The van der Waals surface area contributed by atoms with Gasteiger partial charge in [-0.05, 0) is 44.0 Å². The molecule has 0 spiro atoms. The van der Waals surface area contributed by atoms with Gasteiger partial charge < -0.3 is 5.32 Å². The van der Waals surface area contributed by atoms with E-state index in [9.17, 15) is 8.42 Å². The van der Waals surface area contributed by atoms with Crippen LogP contribution in [-0.4, -0.2) is 31.9 Å². The third-order valence-electron chi connectivity index (χ3n) is 3.58. The zero-order valence-electron chi connectivity index (χ0n) is 11.6. The maximum Gasteiger partial charge on any atom is 0.243 e. The van der Waals surface area contributed by atoms with Crippen LogP contribution in [0.5, 0.6) is 0 Å². The molecule has 19 heavy (non-hydrogen) atoms. The number of hydrogen-bond donors (Lipinski definition) is 1. The van der Waals surface area contributed by atoms with Gasteiger partial charge in [0.2, 0.25) is 10.0 Å². The average molecular weight is 282 g/mol. The summed E-state index contributed by atoms with van der Waals surface area (Å²) in [4.78, 5) is 0.414. The van der Waals surface area contributed by atoms with Crippen molar-refractivity contribution in [3.05, 3.63) is 29.8 Å². The molecule has 1 N–H and O–H groups in total. The molecule has 1 aliphatic rings. The van der Waals surface area contributed by atoms with Gasteiger partial charge in [0.25, 0.3) is 0 Å². The number of nitrogens with one attached hydrogen (secondary N) is 1. The molecule has 5 heteroatoms. The third kappa shape index (κ3) is 3.16. The van der Waals surface area contributed by atoms with Crippen molar-refractivity contribution in [2.75, 3.05) is 13.1 Å². The Labute approximate surface area is 115 Å².